The average Bonchev–Trinajstić information content (AvgIpc) is 3.30. The van der Waals surface area contributed by atoms with Crippen LogP contribution in [0.4, 0.5) is 0 Å². The summed E-state index contributed by atoms with van der Waals surface area (Å²) in [5, 5.41) is 0. The Kier molecular flexibility index (Phi) is 45.0. The smallest absolute Gasteiger partial charge is 0.306 e. The molecule has 10 heteroatoms. The third kappa shape index (κ3) is 51.3. The SMILES string of the molecule is CC/C=C\C/C=C\C/C=C\C/C=C\C/C=C\C/C=C\CCCCCCCCC(=O)OC(COC(=O)CC/C=C\C/C=C\C/C=C\C/C=C\C/C=C\C/C=C\CC)COP(=O)([O-])OCC[N+](C)(C)C. The predicted octanol–water partition coefficient (Wildman–Crippen LogP) is 14.9. The maximum Gasteiger partial charge on any atom is 0.306 e. The number of ether oxygens (including phenoxy) is 2. The van der Waals surface area contributed by atoms with Gasteiger partial charge in [0.1, 0.15) is 19.8 Å². The number of quaternary nitrogens is 1. The van der Waals surface area contributed by atoms with Gasteiger partial charge in [-0.25, -0.2) is 0 Å². The number of esters is 2. The first-order chi connectivity index (χ1) is 33.0. The number of carbonyl (C=O) groups is 2. The number of phosphoric acid groups is 1. The molecule has 9 nitrogen and oxygen atoms in total. The van der Waals surface area contributed by atoms with Crippen LogP contribution in [0.1, 0.15) is 155 Å². The number of phosphoric ester groups is 1. The molecule has 0 heterocycles. The Morgan fingerprint density at radius 3 is 1.24 bits per heavy atom. The Morgan fingerprint density at radius 2 is 0.824 bits per heavy atom. The highest BCUT2D eigenvalue weighted by Crippen LogP contribution is 2.38. The highest BCUT2D eigenvalue weighted by atomic mass is 31.2. The van der Waals surface area contributed by atoms with Crippen LogP contribution in [0.15, 0.2) is 146 Å². The van der Waals surface area contributed by atoms with Gasteiger partial charge >= 0.3 is 11.9 Å². The van der Waals surface area contributed by atoms with E-state index in [1.54, 1.807) is 0 Å². The van der Waals surface area contributed by atoms with Crippen LogP contribution in [0.3, 0.4) is 0 Å². The van der Waals surface area contributed by atoms with Gasteiger partial charge in [-0.2, -0.15) is 0 Å². The van der Waals surface area contributed by atoms with Crippen molar-refractivity contribution in [2.75, 3.05) is 47.5 Å². The van der Waals surface area contributed by atoms with E-state index in [9.17, 15) is 19.0 Å². The highest BCUT2D eigenvalue weighted by Gasteiger charge is 2.21. The van der Waals surface area contributed by atoms with Crippen molar-refractivity contribution in [3.05, 3.63) is 146 Å². The lowest BCUT2D eigenvalue weighted by atomic mass is 10.1. The quantitative estimate of drug-likeness (QED) is 0.0195. The summed E-state index contributed by atoms with van der Waals surface area (Å²) in [6.45, 7) is 3.86. The van der Waals surface area contributed by atoms with Gasteiger partial charge in [0.05, 0.1) is 27.7 Å². The van der Waals surface area contributed by atoms with Crippen LogP contribution in [-0.4, -0.2) is 70.0 Å². The third-order valence-electron chi connectivity index (χ3n) is 9.87. The van der Waals surface area contributed by atoms with E-state index in [-0.39, 0.29) is 26.1 Å². The van der Waals surface area contributed by atoms with Gasteiger partial charge in [-0.15, -0.1) is 0 Å². The summed E-state index contributed by atoms with van der Waals surface area (Å²) in [4.78, 5) is 37.7. The molecule has 0 saturated heterocycles. The summed E-state index contributed by atoms with van der Waals surface area (Å²) in [6.07, 6.45) is 70.4. The normalized spacial score (nSPS) is 14.6. The van der Waals surface area contributed by atoms with E-state index < -0.39 is 32.5 Å². The van der Waals surface area contributed by atoms with Crippen LogP contribution in [-0.2, 0) is 32.7 Å². The van der Waals surface area contributed by atoms with Gasteiger partial charge in [0.2, 0.25) is 0 Å². The van der Waals surface area contributed by atoms with Crippen LogP contribution in [0.2, 0.25) is 0 Å². The molecule has 382 valence electrons. The van der Waals surface area contributed by atoms with Crippen molar-refractivity contribution in [1.82, 2.24) is 0 Å². The Labute approximate surface area is 414 Å². The number of unbranched alkanes of at least 4 members (excludes halogenated alkanes) is 6. The lowest BCUT2D eigenvalue weighted by molar-refractivity contribution is -0.870. The first-order valence-corrected chi connectivity index (χ1v) is 27.0. The maximum atomic E-state index is 12.8. The van der Waals surface area contributed by atoms with E-state index in [1.807, 2.05) is 33.3 Å². The number of carbonyl (C=O) groups excluding carboxylic acids is 2. The molecule has 0 radical (unpaired) electrons. The van der Waals surface area contributed by atoms with Crippen molar-refractivity contribution in [1.29, 1.82) is 0 Å². The van der Waals surface area contributed by atoms with E-state index in [2.05, 4.69) is 148 Å². The molecule has 2 unspecified atom stereocenters. The fourth-order valence-corrected chi connectivity index (χ4v) is 6.70. The van der Waals surface area contributed by atoms with Gasteiger partial charge in [0.25, 0.3) is 7.82 Å². The summed E-state index contributed by atoms with van der Waals surface area (Å²) >= 11 is 0. The number of nitrogens with zero attached hydrogens (tertiary/aromatic N) is 1. The zero-order chi connectivity index (χ0) is 49.9. The number of allylic oxidation sites excluding steroid dienone is 24. The topological polar surface area (TPSA) is 111 Å². The van der Waals surface area contributed by atoms with Gasteiger partial charge in [-0.3, -0.25) is 14.2 Å². The minimum absolute atomic E-state index is 0.0547. The van der Waals surface area contributed by atoms with Gasteiger partial charge in [-0.1, -0.05) is 185 Å². The van der Waals surface area contributed by atoms with Crippen molar-refractivity contribution in [3.8, 4) is 0 Å². The van der Waals surface area contributed by atoms with Gasteiger partial charge < -0.3 is 27.9 Å². The first-order valence-electron chi connectivity index (χ1n) is 25.5. The minimum atomic E-state index is -4.66. The number of hydrogen-bond acceptors (Lipinski definition) is 8. The molecule has 0 amide bonds. The third-order valence-corrected chi connectivity index (χ3v) is 10.8. The fraction of sp³-hybridized carbons (Fsp3) is 0.552. The Hall–Kier alpha value is -4.11. The number of hydrogen-bond donors (Lipinski definition) is 0. The molecule has 0 aliphatic heterocycles. The molecule has 0 saturated carbocycles. The molecule has 2 atom stereocenters. The van der Waals surface area contributed by atoms with Crippen molar-refractivity contribution in [2.45, 2.75) is 161 Å². The van der Waals surface area contributed by atoms with E-state index in [0.717, 1.165) is 116 Å². The van der Waals surface area contributed by atoms with Crippen molar-refractivity contribution >= 4 is 19.8 Å². The van der Waals surface area contributed by atoms with E-state index in [1.165, 1.54) is 0 Å². The zero-order valence-corrected chi connectivity index (χ0v) is 43.9. The van der Waals surface area contributed by atoms with Crippen LogP contribution >= 0.6 is 7.82 Å². The van der Waals surface area contributed by atoms with Gasteiger partial charge in [-0.05, 0) is 103 Å². The Morgan fingerprint density at radius 1 is 0.456 bits per heavy atom. The second-order valence-corrected chi connectivity index (χ2v) is 18.8. The second-order valence-electron chi connectivity index (χ2n) is 17.4. The molecule has 0 spiro atoms. The van der Waals surface area contributed by atoms with Crippen LogP contribution in [0.5, 0.6) is 0 Å². The van der Waals surface area contributed by atoms with Crippen LogP contribution < -0.4 is 4.89 Å². The van der Waals surface area contributed by atoms with Crippen LogP contribution in [0.25, 0.3) is 0 Å². The molecular formula is C58H92NO8P. The van der Waals surface area contributed by atoms with E-state index in [0.29, 0.717) is 23.9 Å². The molecule has 0 aliphatic carbocycles. The van der Waals surface area contributed by atoms with Crippen molar-refractivity contribution in [3.63, 3.8) is 0 Å². The van der Waals surface area contributed by atoms with Gasteiger partial charge in [0.15, 0.2) is 6.10 Å². The number of rotatable bonds is 44. The van der Waals surface area contributed by atoms with E-state index >= 15 is 0 Å². The maximum absolute atomic E-state index is 12.8. The van der Waals surface area contributed by atoms with E-state index in [4.69, 9.17) is 18.5 Å². The molecule has 0 aromatic carbocycles. The zero-order valence-electron chi connectivity index (χ0n) is 43.0. The molecule has 0 rings (SSSR count). The number of likely N-dealkylation sites (N-methyl/N-ethyl adjacent to an activating group) is 1. The summed E-state index contributed by atoms with van der Waals surface area (Å²) in [5.74, 6) is -0.965. The monoisotopic (exact) mass is 962 g/mol. The van der Waals surface area contributed by atoms with Crippen molar-refractivity contribution < 1.29 is 42.1 Å². The Balaban J connectivity index is 4.43. The molecule has 0 aromatic heterocycles. The summed E-state index contributed by atoms with van der Waals surface area (Å²) in [5.41, 5.74) is 0. The predicted molar refractivity (Wildman–Crippen MR) is 286 cm³/mol. The second kappa shape index (κ2) is 47.9. The van der Waals surface area contributed by atoms with Crippen LogP contribution in [0, 0.1) is 0 Å². The highest BCUT2D eigenvalue weighted by molar-refractivity contribution is 7.45. The molecule has 0 N–H and O–H groups in total. The van der Waals surface area contributed by atoms with Crippen molar-refractivity contribution in [2.24, 2.45) is 0 Å². The summed E-state index contributed by atoms with van der Waals surface area (Å²) < 4.78 is 33.9. The minimum Gasteiger partial charge on any atom is -0.756 e. The molecule has 0 aromatic rings. The molecular weight excluding hydrogens is 870 g/mol. The lowest BCUT2D eigenvalue weighted by Crippen LogP contribution is -2.37. The summed E-state index contributed by atoms with van der Waals surface area (Å²) in [7, 11) is 1.09. The summed E-state index contributed by atoms with van der Waals surface area (Å²) in [6, 6.07) is 0. The molecule has 68 heavy (non-hydrogen) atoms. The molecule has 0 fully saturated rings. The molecule has 0 bridgehead atoms. The fourth-order valence-electron chi connectivity index (χ4n) is 5.98. The average molecular weight is 962 g/mol. The lowest BCUT2D eigenvalue weighted by Gasteiger charge is -2.28. The Bertz CT molecular complexity index is 1650. The standard InChI is InChI=1S/C58H92NO8P/c1-6-8-10-12-14-16-18-20-22-24-26-27-28-29-30-31-33-35-37-39-41-43-45-47-49-51-58(61)67-56(55-66-68(62,63)65-53-52-59(3,4)5)54-64-57(60)50-48-46-44-42-40-38-36-34-32-25-23-21-19-17-15-13-11-9-7-2/h8-11,14-17,20-23,26-27,29-30,32-35,38,40,44,46,56H,6-7,12-13,18-19,24-25,28,31,36-37,39,41-43,45,47-55H2,1-5H3/b10-8-,11-9-,16-14-,17-15-,22-20-,23-21-,27-26-,30-29-,34-32-,35-33-,40-38-,46-44-. The molecule has 0 aliphatic rings. The van der Waals surface area contributed by atoms with Gasteiger partial charge in [0, 0.05) is 12.8 Å². The largest absolute Gasteiger partial charge is 0.756 e. The first kappa shape index (κ1) is 63.9.